The van der Waals surface area contributed by atoms with Gasteiger partial charge in [0.15, 0.2) is 5.78 Å². The molecule has 1 aliphatic rings. The van der Waals surface area contributed by atoms with Crippen LogP contribution in [0.3, 0.4) is 0 Å². The fraction of sp³-hybridized carbons (Fsp3) is 0.250. The number of ketones is 1. The van der Waals surface area contributed by atoms with Crippen LogP contribution in [0.5, 0.6) is 0 Å². The number of nitrogens with one attached hydrogen (secondary N) is 1. The first-order valence-electron chi connectivity index (χ1n) is 10.2. The molecule has 1 fully saturated rings. The van der Waals surface area contributed by atoms with E-state index in [4.69, 9.17) is 0 Å². The van der Waals surface area contributed by atoms with E-state index in [1.807, 2.05) is 46.7 Å². The highest BCUT2D eigenvalue weighted by Gasteiger charge is 2.19. The Labute approximate surface area is 174 Å². The molecule has 0 spiro atoms. The maximum Gasteiger partial charge on any atom is 0.200 e. The van der Waals surface area contributed by atoms with Crippen LogP contribution in [0.2, 0.25) is 0 Å². The van der Waals surface area contributed by atoms with Crippen molar-refractivity contribution < 1.29 is 9.18 Å². The summed E-state index contributed by atoms with van der Waals surface area (Å²) >= 11 is 0. The fourth-order valence-electron chi connectivity index (χ4n) is 3.81. The van der Waals surface area contributed by atoms with Crippen LogP contribution in [0, 0.1) is 5.82 Å². The molecule has 2 heterocycles. The topological polar surface area (TPSA) is 54.3 Å². The van der Waals surface area contributed by atoms with Crippen molar-refractivity contribution in [1.82, 2.24) is 9.88 Å². The normalized spacial score (nSPS) is 14.5. The van der Waals surface area contributed by atoms with Gasteiger partial charge >= 0.3 is 0 Å². The van der Waals surface area contributed by atoms with E-state index in [9.17, 15) is 14.0 Å². The van der Waals surface area contributed by atoms with Gasteiger partial charge in [0.05, 0.1) is 16.8 Å². The lowest BCUT2D eigenvalue weighted by molar-refractivity contribution is 0.104. The van der Waals surface area contributed by atoms with E-state index in [1.165, 1.54) is 12.1 Å². The number of nitrogens with zero attached hydrogens (tertiary/aromatic N) is 2. The van der Waals surface area contributed by atoms with Crippen molar-refractivity contribution in [2.45, 2.75) is 13.5 Å². The average molecular weight is 405 g/mol. The molecule has 3 aromatic rings. The molecule has 154 valence electrons. The molecule has 0 radical (unpaired) electrons. The lowest BCUT2D eigenvalue weighted by Gasteiger charge is -2.30. The molecule has 6 heteroatoms. The third-order valence-electron chi connectivity index (χ3n) is 5.44. The molecule has 5 nitrogen and oxygen atoms in total. The molecular formula is C24H24FN3O2. The van der Waals surface area contributed by atoms with E-state index in [1.54, 1.807) is 18.3 Å². The van der Waals surface area contributed by atoms with E-state index in [0.29, 0.717) is 30.8 Å². The summed E-state index contributed by atoms with van der Waals surface area (Å²) in [6, 6.07) is 12.4. The molecule has 0 atom stereocenters. The minimum Gasteiger partial charge on any atom is -0.367 e. The highest BCUT2D eigenvalue weighted by atomic mass is 19.1. The number of benzene rings is 2. The number of anilines is 1. The summed E-state index contributed by atoms with van der Waals surface area (Å²) in [5, 5.41) is 3.48. The molecule has 0 saturated carbocycles. The van der Waals surface area contributed by atoms with E-state index in [2.05, 4.69) is 5.32 Å². The van der Waals surface area contributed by atoms with E-state index in [-0.39, 0.29) is 16.7 Å². The Morgan fingerprint density at radius 2 is 1.90 bits per heavy atom. The average Bonchev–Trinajstić information content (AvgIpc) is 2.79. The molecule has 2 aromatic carbocycles. The van der Waals surface area contributed by atoms with Gasteiger partial charge in [0.25, 0.3) is 0 Å². The van der Waals surface area contributed by atoms with Gasteiger partial charge in [-0.2, -0.15) is 0 Å². The molecule has 30 heavy (non-hydrogen) atoms. The monoisotopic (exact) mass is 405 g/mol. The minimum atomic E-state index is -0.442. The number of fused-ring (bicyclic) bond motifs is 1. The van der Waals surface area contributed by atoms with Crippen molar-refractivity contribution in [1.29, 1.82) is 0 Å². The molecule has 0 unspecified atom stereocenters. The summed E-state index contributed by atoms with van der Waals surface area (Å²) in [6.07, 6.45) is 4.65. The molecule has 0 bridgehead atoms. The quantitative estimate of drug-likeness (QED) is 0.522. The number of pyridine rings is 1. The van der Waals surface area contributed by atoms with Crippen LogP contribution < -0.4 is 15.6 Å². The van der Waals surface area contributed by atoms with Gasteiger partial charge in [-0.05, 0) is 30.7 Å². The van der Waals surface area contributed by atoms with Gasteiger partial charge < -0.3 is 14.8 Å². The molecule has 0 aliphatic carbocycles. The van der Waals surface area contributed by atoms with Crippen LogP contribution in [0.15, 0.2) is 59.5 Å². The van der Waals surface area contributed by atoms with Crippen LogP contribution in [-0.4, -0.2) is 36.5 Å². The number of rotatable bonds is 5. The standard InChI is InChI=1S/C24H24FN3O2/c1-2-27-16-19(23(29)9-8-17-6-4-3-5-7-17)24(30)18-14-20(25)22(15-21(18)27)28-12-10-26-11-13-28/h3-9,14-16,26H,2,10-13H2,1H3. The number of hydrogen-bond acceptors (Lipinski definition) is 4. The van der Waals surface area contributed by atoms with Gasteiger partial charge in [-0.1, -0.05) is 36.4 Å². The Morgan fingerprint density at radius 1 is 1.17 bits per heavy atom. The summed E-state index contributed by atoms with van der Waals surface area (Å²) in [7, 11) is 0. The van der Waals surface area contributed by atoms with Crippen LogP contribution in [-0.2, 0) is 6.54 Å². The fourth-order valence-corrected chi connectivity index (χ4v) is 3.81. The number of aryl methyl sites for hydroxylation is 1. The predicted molar refractivity (Wildman–Crippen MR) is 119 cm³/mol. The van der Waals surface area contributed by atoms with Gasteiger partial charge in [-0.3, -0.25) is 9.59 Å². The summed E-state index contributed by atoms with van der Waals surface area (Å²) < 4.78 is 16.8. The van der Waals surface area contributed by atoms with Crippen molar-refractivity contribution in [3.63, 3.8) is 0 Å². The Balaban J connectivity index is 1.77. The first-order chi connectivity index (χ1) is 14.6. The predicted octanol–water partition coefficient (Wildman–Crippen LogP) is 3.47. The zero-order chi connectivity index (χ0) is 21.1. The Kier molecular flexibility index (Phi) is 5.77. The molecule has 1 N–H and O–H groups in total. The molecule has 0 amide bonds. The zero-order valence-electron chi connectivity index (χ0n) is 16.9. The first kappa shape index (κ1) is 20.0. The molecule has 1 aliphatic heterocycles. The number of hydrogen-bond donors (Lipinski definition) is 1. The SMILES string of the molecule is CCn1cc(C(=O)C=Cc2ccccc2)c(=O)c2cc(F)c(N3CCNCC3)cc21. The Bertz CT molecular complexity index is 1160. The highest BCUT2D eigenvalue weighted by Crippen LogP contribution is 2.25. The minimum absolute atomic E-state index is 0.0471. The Hall–Kier alpha value is -3.25. The Morgan fingerprint density at radius 3 is 2.60 bits per heavy atom. The lowest BCUT2D eigenvalue weighted by Crippen LogP contribution is -2.43. The van der Waals surface area contributed by atoms with Gasteiger partial charge in [-0.25, -0.2) is 4.39 Å². The number of aromatic nitrogens is 1. The molecule has 4 rings (SSSR count). The second-order valence-electron chi connectivity index (χ2n) is 7.32. The largest absolute Gasteiger partial charge is 0.367 e. The number of halogens is 1. The number of piperazine rings is 1. The smallest absolute Gasteiger partial charge is 0.200 e. The third-order valence-corrected chi connectivity index (χ3v) is 5.44. The van der Waals surface area contributed by atoms with Crippen LogP contribution in [0.1, 0.15) is 22.8 Å². The molecule has 1 aromatic heterocycles. The second-order valence-corrected chi connectivity index (χ2v) is 7.32. The van der Waals surface area contributed by atoms with Gasteiger partial charge in [0.1, 0.15) is 5.82 Å². The molecular weight excluding hydrogens is 381 g/mol. The van der Waals surface area contributed by atoms with Gasteiger partial charge in [0.2, 0.25) is 5.43 Å². The highest BCUT2D eigenvalue weighted by molar-refractivity contribution is 6.08. The molecule has 1 saturated heterocycles. The van der Waals surface area contributed by atoms with Crippen molar-refractivity contribution in [3.8, 4) is 0 Å². The summed E-state index contributed by atoms with van der Waals surface area (Å²) in [5.41, 5.74) is 1.61. The lowest BCUT2D eigenvalue weighted by atomic mass is 10.1. The second kappa shape index (κ2) is 8.63. The van der Waals surface area contributed by atoms with Crippen LogP contribution in [0.4, 0.5) is 10.1 Å². The number of allylic oxidation sites excluding steroid dienone is 1. The number of carbonyl (C=O) groups is 1. The number of carbonyl (C=O) groups excluding carboxylic acids is 1. The third kappa shape index (κ3) is 3.91. The van der Waals surface area contributed by atoms with Crippen molar-refractivity contribution in [3.05, 3.63) is 81.9 Å². The van der Waals surface area contributed by atoms with Crippen molar-refractivity contribution in [2.75, 3.05) is 31.1 Å². The van der Waals surface area contributed by atoms with Crippen molar-refractivity contribution >= 4 is 28.4 Å². The van der Waals surface area contributed by atoms with E-state index >= 15 is 0 Å². The summed E-state index contributed by atoms with van der Waals surface area (Å²) in [4.78, 5) is 27.8. The summed E-state index contributed by atoms with van der Waals surface area (Å²) in [6.45, 7) is 5.50. The van der Waals surface area contributed by atoms with E-state index < -0.39 is 11.2 Å². The van der Waals surface area contributed by atoms with E-state index in [0.717, 1.165) is 18.7 Å². The van der Waals surface area contributed by atoms with Crippen LogP contribution >= 0.6 is 0 Å². The zero-order valence-corrected chi connectivity index (χ0v) is 16.9. The van der Waals surface area contributed by atoms with Crippen LogP contribution in [0.25, 0.3) is 17.0 Å². The van der Waals surface area contributed by atoms with Gasteiger partial charge in [-0.15, -0.1) is 0 Å². The van der Waals surface area contributed by atoms with Crippen molar-refractivity contribution in [2.24, 2.45) is 0 Å². The summed E-state index contributed by atoms with van der Waals surface area (Å²) in [5.74, 6) is -0.826. The maximum absolute atomic E-state index is 14.9. The maximum atomic E-state index is 14.9. The van der Waals surface area contributed by atoms with Gasteiger partial charge in [0, 0.05) is 44.3 Å². The first-order valence-corrected chi connectivity index (χ1v) is 10.2.